The van der Waals surface area contributed by atoms with Gasteiger partial charge in [0.15, 0.2) is 0 Å². The average molecular weight is 428 g/mol. The molecule has 156 valence electrons. The van der Waals surface area contributed by atoms with Crippen molar-refractivity contribution in [2.75, 3.05) is 25.4 Å². The van der Waals surface area contributed by atoms with E-state index in [0.29, 0.717) is 23.9 Å². The Balaban J connectivity index is 1.55. The number of rotatable bonds is 7. The second kappa shape index (κ2) is 9.56. The van der Waals surface area contributed by atoms with Gasteiger partial charge in [-0.25, -0.2) is 13.4 Å². The van der Waals surface area contributed by atoms with Crippen LogP contribution >= 0.6 is 11.8 Å². The van der Waals surface area contributed by atoms with E-state index >= 15 is 0 Å². The summed E-state index contributed by atoms with van der Waals surface area (Å²) in [6.45, 7) is 4.51. The van der Waals surface area contributed by atoms with Gasteiger partial charge in [0, 0.05) is 31.1 Å². The molecule has 1 aliphatic carbocycles. The first kappa shape index (κ1) is 21.5. The van der Waals surface area contributed by atoms with Crippen molar-refractivity contribution in [2.24, 2.45) is 0 Å². The highest BCUT2D eigenvalue weighted by atomic mass is 32.2. The van der Waals surface area contributed by atoms with Gasteiger partial charge in [-0.05, 0) is 38.8 Å². The summed E-state index contributed by atoms with van der Waals surface area (Å²) in [6.07, 6.45) is 6.19. The number of thioether (sulfide) groups is 1. The number of carbonyl (C=O) groups excluding carboxylic acids is 1. The molecule has 9 heteroatoms. The Hall–Kier alpha value is -1.16. The molecule has 0 radical (unpaired) electrons. The molecular formula is C19H29N3O4S2. The summed E-state index contributed by atoms with van der Waals surface area (Å²) in [6, 6.07) is 3.49. The third-order valence-corrected chi connectivity index (χ3v) is 8.18. The van der Waals surface area contributed by atoms with Gasteiger partial charge >= 0.3 is 0 Å². The molecule has 1 amide bonds. The van der Waals surface area contributed by atoms with E-state index < -0.39 is 10.0 Å². The minimum absolute atomic E-state index is 0.0731. The Bertz CT molecular complexity index is 771. The van der Waals surface area contributed by atoms with Crippen LogP contribution < -0.4 is 5.32 Å². The molecule has 0 unspecified atom stereocenters. The molecule has 1 aliphatic heterocycles. The highest BCUT2D eigenvalue weighted by molar-refractivity contribution is 8.00. The maximum Gasteiger partial charge on any atom is 0.254 e. The van der Waals surface area contributed by atoms with Gasteiger partial charge in [0.05, 0.1) is 23.5 Å². The molecule has 0 aromatic carbocycles. The third kappa shape index (κ3) is 5.68. The van der Waals surface area contributed by atoms with Crippen molar-refractivity contribution in [1.82, 2.24) is 14.6 Å². The number of aromatic nitrogens is 1. The molecule has 28 heavy (non-hydrogen) atoms. The Kier molecular flexibility index (Phi) is 7.36. The van der Waals surface area contributed by atoms with E-state index in [1.807, 2.05) is 13.8 Å². The molecule has 7 nitrogen and oxygen atoms in total. The number of sulfonamides is 1. The summed E-state index contributed by atoms with van der Waals surface area (Å²) in [5, 5.41) is 3.99. The maximum atomic E-state index is 12.6. The number of ether oxygens (including phenoxy) is 1. The zero-order valence-electron chi connectivity index (χ0n) is 16.5. The second-order valence-electron chi connectivity index (χ2n) is 7.53. The first-order chi connectivity index (χ1) is 13.3. The van der Waals surface area contributed by atoms with Gasteiger partial charge in [0.2, 0.25) is 10.0 Å². The van der Waals surface area contributed by atoms with Crippen molar-refractivity contribution in [3.8, 4) is 0 Å². The smallest absolute Gasteiger partial charge is 0.254 e. The van der Waals surface area contributed by atoms with Crippen molar-refractivity contribution in [3.63, 3.8) is 0 Å². The standard InChI is InChI=1S/C19H29N3O4S2/c1-14-12-22(13-15(2)26-14)28(24,25)11-10-20-18(23)17-8-5-9-21-19(17)27-16-6-3-4-7-16/h5,8-9,14-16H,3-4,6-7,10-13H2,1-2H3,(H,20,23)/t14-,15-/m0/s1. The summed E-state index contributed by atoms with van der Waals surface area (Å²) in [7, 11) is -3.44. The molecule has 2 atom stereocenters. The first-order valence-electron chi connectivity index (χ1n) is 9.88. The highest BCUT2D eigenvalue weighted by Crippen LogP contribution is 2.35. The number of hydrogen-bond acceptors (Lipinski definition) is 6. The van der Waals surface area contributed by atoms with Crippen molar-refractivity contribution in [3.05, 3.63) is 23.9 Å². The monoisotopic (exact) mass is 427 g/mol. The summed E-state index contributed by atoms with van der Waals surface area (Å²) in [4.78, 5) is 17.0. The molecule has 1 saturated carbocycles. The summed E-state index contributed by atoms with van der Waals surface area (Å²) >= 11 is 1.66. The minimum atomic E-state index is -3.44. The van der Waals surface area contributed by atoms with Gasteiger partial charge in [-0.1, -0.05) is 12.8 Å². The summed E-state index contributed by atoms with van der Waals surface area (Å²) < 4.78 is 32.2. The van der Waals surface area contributed by atoms with Gasteiger partial charge in [-0.2, -0.15) is 4.31 Å². The Morgan fingerprint density at radius 3 is 2.64 bits per heavy atom. The molecule has 1 N–H and O–H groups in total. The predicted molar refractivity (Wildman–Crippen MR) is 110 cm³/mol. The van der Waals surface area contributed by atoms with Crippen LogP contribution in [0.25, 0.3) is 0 Å². The zero-order valence-corrected chi connectivity index (χ0v) is 18.1. The van der Waals surface area contributed by atoms with E-state index in [4.69, 9.17) is 4.74 Å². The Morgan fingerprint density at radius 2 is 1.96 bits per heavy atom. The molecule has 0 spiro atoms. The number of pyridine rings is 1. The van der Waals surface area contributed by atoms with E-state index in [-0.39, 0.29) is 30.4 Å². The van der Waals surface area contributed by atoms with Crippen LogP contribution in [0.3, 0.4) is 0 Å². The molecule has 2 fully saturated rings. The van der Waals surface area contributed by atoms with E-state index in [1.54, 1.807) is 30.1 Å². The number of nitrogens with one attached hydrogen (secondary N) is 1. The lowest BCUT2D eigenvalue weighted by Crippen LogP contribution is -2.49. The van der Waals surface area contributed by atoms with Crippen molar-refractivity contribution < 1.29 is 17.9 Å². The number of amides is 1. The molecule has 3 rings (SSSR count). The van der Waals surface area contributed by atoms with Crippen molar-refractivity contribution in [2.45, 2.75) is 62.0 Å². The molecule has 0 bridgehead atoms. The fourth-order valence-corrected chi connectivity index (χ4v) is 6.48. The second-order valence-corrected chi connectivity index (χ2v) is 10.9. The number of nitrogens with zero attached hydrogens (tertiary/aromatic N) is 2. The summed E-state index contributed by atoms with van der Waals surface area (Å²) in [5.41, 5.74) is 0.519. The Morgan fingerprint density at radius 1 is 1.29 bits per heavy atom. The van der Waals surface area contributed by atoms with Gasteiger partial charge in [0.25, 0.3) is 5.91 Å². The van der Waals surface area contributed by atoms with Gasteiger partial charge < -0.3 is 10.1 Å². The lowest BCUT2D eigenvalue weighted by atomic mass is 10.3. The topological polar surface area (TPSA) is 88.6 Å². The third-order valence-electron chi connectivity index (χ3n) is 5.02. The van der Waals surface area contributed by atoms with E-state index in [9.17, 15) is 13.2 Å². The zero-order chi connectivity index (χ0) is 20.1. The first-order valence-corrected chi connectivity index (χ1v) is 12.4. The van der Waals surface area contributed by atoms with Crippen molar-refractivity contribution >= 4 is 27.7 Å². The molecule has 1 aromatic rings. The molecule has 1 saturated heterocycles. The highest BCUT2D eigenvalue weighted by Gasteiger charge is 2.30. The van der Waals surface area contributed by atoms with Crippen LogP contribution in [0.5, 0.6) is 0 Å². The lowest BCUT2D eigenvalue weighted by Gasteiger charge is -2.34. The fourth-order valence-electron chi connectivity index (χ4n) is 3.70. The maximum absolute atomic E-state index is 12.6. The Labute approximate surface area is 171 Å². The van der Waals surface area contributed by atoms with Crippen LogP contribution in [0, 0.1) is 0 Å². The average Bonchev–Trinajstić information content (AvgIpc) is 3.14. The molecule has 2 aliphatic rings. The van der Waals surface area contributed by atoms with Crippen molar-refractivity contribution in [1.29, 1.82) is 0 Å². The molecule has 2 heterocycles. The minimum Gasteiger partial charge on any atom is -0.373 e. The SMILES string of the molecule is C[C@H]1CN(S(=O)(=O)CCNC(=O)c2cccnc2SC2CCCC2)C[C@H](C)O1. The van der Waals surface area contributed by atoms with Crippen LogP contribution in [0.4, 0.5) is 0 Å². The molecular weight excluding hydrogens is 398 g/mol. The van der Waals surface area contributed by atoms with E-state index in [0.717, 1.165) is 17.9 Å². The van der Waals surface area contributed by atoms with Crippen LogP contribution in [0.1, 0.15) is 49.9 Å². The van der Waals surface area contributed by atoms with Crippen LogP contribution in [0.2, 0.25) is 0 Å². The van der Waals surface area contributed by atoms with Gasteiger partial charge in [0.1, 0.15) is 5.03 Å². The predicted octanol–water partition coefficient (Wildman–Crippen LogP) is 2.29. The normalized spacial score (nSPS) is 24.4. The summed E-state index contributed by atoms with van der Waals surface area (Å²) in [5.74, 6) is -0.392. The quantitative estimate of drug-likeness (QED) is 0.718. The van der Waals surface area contributed by atoms with Crippen LogP contribution in [-0.2, 0) is 14.8 Å². The number of carbonyl (C=O) groups is 1. The van der Waals surface area contributed by atoms with E-state index in [1.165, 1.54) is 17.1 Å². The van der Waals surface area contributed by atoms with Gasteiger partial charge in [-0.15, -0.1) is 11.8 Å². The largest absolute Gasteiger partial charge is 0.373 e. The number of morpholine rings is 1. The van der Waals surface area contributed by atoms with E-state index in [2.05, 4.69) is 10.3 Å². The van der Waals surface area contributed by atoms with Gasteiger partial charge in [-0.3, -0.25) is 4.79 Å². The number of hydrogen-bond donors (Lipinski definition) is 1. The molecule has 1 aromatic heterocycles. The van der Waals surface area contributed by atoms with Crippen LogP contribution in [-0.4, -0.2) is 66.5 Å². The fraction of sp³-hybridized carbons (Fsp3) is 0.684. The van der Waals surface area contributed by atoms with Crippen LogP contribution in [0.15, 0.2) is 23.4 Å². The lowest BCUT2D eigenvalue weighted by molar-refractivity contribution is -0.0440.